The van der Waals surface area contributed by atoms with Crippen LogP contribution in [0.5, 0.6) is 0 Å². The molecule has 3 saturated carbocycles. The average Bonchev–Trinajstić information content (AvgIpc) is 3.74. The molecule has 0 bridgehead atoms. The minimum atomic E-state index is -1.66. The number of aliphatic hydroxyl groups excluding tert-OH is 11. The number of allylic oxidation sites excluding steroid dienone is 2. The zero-order valence-corrected chi connectivity index (χ0v) is 36.9. The molecule has 18 nitrogen and oxygen atoms in total. The Balaban J connectivity index is 0.908. The van der Waals surface area contributed by atoms with Gasteiger partial charge < -0.3 is 89.3 Å². The van der Waals surface area contributed by atoms with Crippen LogP contribution in [0.1, 0.15) is 86.0 Å². The quantitative estimate of drug-likeness (QED) is 0.106. The summed E-state index contributed by atoms with van der Waals surface area (Å²) < 4.78 is 42.5. The van der Waals surface area contributed by atoms with E-state index in [0.29, 0.717) is 37.5 Å². The van der Waals surface area contributed by atoms with Gasteiger partial charge in [-0.25, -0.2) is 0 Å². The first-order chi connectivity index (χ1) is 29.8. The molecular weight excluding hydrogens is 828 g/mol. The summed E-state index contributed by atoms with van der Waals surface area (Å²) in [5.74, 6) is 2.11. The van der Waals surface area contributed by atoms with Gasteiger partial charge >= 0.3 is 0 Å². The largest absolute Gasteiger partial charge is 0.494 e. The second-order valence-electron chi connectivity index (χ2n) is 20.5. The molecule has 63 heavy (non-hydrogen) atoms. The van der Waals surface area contributed by atoms with Gasteiger partial charge in [-0.2, -0.15) is 0 Å². The molecule has 0 spiro atoms. The van der Waals surface area contributed by atoms with Crippen LogP contribution in [0, 0.1) is 40.4 Å². The first-order valence-electron chi connectivity index (χ1n) is 23.1. The fourth-order valence-corrected chi connectivity index (χ4v) is 13.1. The maximum absolute atomic E-state index is 11.0. The van der Waals surface area contributed by atoms with Crippen molar-refractivity contribution in [1.29, 1.82) is 0 Å². The highest BCUT2D eigenvalue weighted by atomic mass is 16.8. The molecule has 11 N–H and O–H groups in total. The van der Waals surface area contributed by atoms with Gasteiger partial charge in [0, 0.05) is 24.2 Å². The van der Waals surface area contributed by atoms with Crippen LogP contribution in [-0.4, -0.2) is 186 Å². The number of ether oxygens (including phenoxy) is 7. The maximum Gasteiger partial charge on any atom is 0.187 e. The van der Waals surface area contributed by atoms with Gasteiger partial charge in [-0.15, -0.1) is 0 Å². The lowest BCUT2D eigenvalue weighted by Gasteiger charge is -2.60. The average molecular weight is 901 g/mol. The Labute approximate surface area is 368 Å². The van der Waals surface area contributed by atoms with Crippen LogP contribution in [0.25, 0.3) is 0 Å². The predicted octanol–water partition coefficient (Wildman–Crippen LogP) is -0.911. The highest BCUT2D eigenvalue weighted by Gasteiger charge is 2.65. The number of hydrogen-bond donors (Lipinski definition) is 11. The minimum Gasteiger partial charge on any atom is -0.494 e. The van der Waals surface area contributed by atoms with Crippen molar-refractivity contribution < 1.29 is 89.3 Å². The van der Waals surface area contributed by atoms with E-state index in [0.717, 1.165) is 37.0 Å². The van der Waals surface area contributed by atoms with Gasteiger partial charge in [-0.05, 0) is 87.0 Å². The number of fused-ring (bicyclic) bond motifs is 7. The Kier molecular flexibility index (Phi) is 14.2. The third-order valence-electron chi connectivity index (χ3n) is 16.8. The molecule has 3 saturated heterocycles. The molecule has 6 fully saturated rings. The summed E-state index contributed by atoms with van der Waals surface area (Å²) in [6, 6.07) is 0. The van der Waals surface area contributed by atoms with Crippen LogP contribution < -0.4 is 0 Å². The normalized spacial score (nSPS) is 52.6. The van der Waals surface area contributed by atoms with Gasteiger partial charge in [0.25, 0.3) is 0 Å². The molecule has 360 valence electrons. The van der Waals surface area contributed by atoms with Gasteiger partial charge in [0.2, 0.25) is 0 Å². The molecule has 0 radical (unpaired) electrons. The summed E-state index contributed by atoms with van der Waals surface area (Å²) in [5.41, 5.74) is 1.91. The van der Waals surface area contributed by atoms with Crippen LogP contribution >= 0.6 is 0 Å². The van der Waals surface area contributed by atoms with Gasteiger partial charge in [0.1, 0.15) is 73.2 Å². The van der Waals surface area contributed by atoms with E-state index in [1.807, 2.05) is 6.92 Å². The SMILES string of the molecule is CC1=C(CCC(C)CO[C@@H]2O[C@H](CO)[C@@H](O)[C@H](O)[C@H]2O[C@@H]2O[C@@H](C)[C@H](O)[C@@H](O)[C@H]2O)O[C@H]2C[C@H]3[C@@H]4CC=C5C[C@@H](O)C[C@@H](O[C@@H]6O[C@H](CO)[C@H](O)[C@H](O)[C@H]6O)[C@]5(C)[C@H]4CC[C@]3(C)[C@@H]12. The van der Waals surface area contributed by atoms with Crippen molar-refractivity contribution in [2.24, 2.45) is 40.4 Å². The molecule has 8 aliphatic rings. The lowest BCUT2D eigenvalue weighted by Crippen LogP contribution is -2.64. The van der Waals surface area contributed by atoms with Crippen LogP contribution in [0.3, 0.4) is 0 Å². The van der Waals surface area contributed by atoms with E-state index in [4.69, 9.17) is 33.2 Å². The summed E-state index contributed by atoms with van der Waals surface area (Å²) in [5, 5.41) is 115. The van der Waals surface area contributed by atoms with Crippen molar-refractivity contribution in [2.45, 2.75) is 196 Å². The van der Waals surface area contributed by atoms with Crippen molar-refractivity contribution in [1.82, 2.24) is 0 Å². The van der Waals surface area contributed by atoms with E-state index < -0.39 is 123 Å². The topological polar surface area (TPSA) is 287 Å². The second-order valence-corrected chi connectivity index (χ2v) is 20.5. The van der Waals surface area contributed by atoms with Crippen molar-refractivity contribution in [3.05, 3.63) is 23.0 Å². The first kappa shape index (κ1) is 48.1. The smallest absolute Gasteiger partial charge is 0.187 e. The molecule has 0 aromatic carbocycles. The summed E-state index contributed by atoms with van der Waals surface area (Å²) >= 11 is 0. The third-order valence-corrected chi connectivity index (χ3v) is 16.8. The van der Waals surface area contributed by atoms with E-state index in [-0.39, 0.29) is 35.9 Å². The lowest BCUT2D eigenvalue weighted by atomic mass is 9.46. The molecule has 4 aliphatic carbocycles. The van der Waals surface area contributed by atoms with E-state index in [2.05, 4.69) is 26.8 Å². The van der Waals surface area contributed by atoms with Gasteiger partial charge in [0.15, 0.2) is 18.9 Å². The molecule has 8 rings (SSSR count). The Morgan fingerprint density at radius 1 is 0.762 bits per heavy atom. The molecule has 0 amide bonds. The molecule has 25 atom stereocenters. The van der Waals surface area contributed by atoms with Gasteiger partial charge in [-0.1, -0.05) is 32.4 Å². The Morgan fingerprint density at radius 2 is 1.40 bits per heavy atom. The summed E-state index contributed by atoms with van der Waals surface area (Å²) in [6.07, 6.45) is -13.8. The lowest BCUT2D eigenvalue weighted by molar-refractivity contribution is -0.365. The first-order valence-corrected chi connectivity index (χ1v) is 23.1. The molecule has 4 aliphatic heterocycles. The zero-order valence-electron chi connectivity index (χ0n) is 36.9. The summed E-state index contributed by atoms with van der Waals surface area (Å²) in [4.78, 5) is 0. The fourth-order valence-electron chi connectivity index (χ4n) is 13.1. The highest BCUT2D eigenvalue weighted by Crippen LogP contribution is 2.69. The molecular formula is C45H72O18. The van der Waals surface area contributed by atoms with Crippen LogP contribution in [-0.2, 0) is 33.2 Å². The monoisotopic (exact) mass is 900 g/mol. The second kappa shape index (κ2) is 18.6. The predicted molar refractivity (Wildman–Crippen MR) is 218 cm³/mol. The summed E-state index contributed by atoms with van der Waals surface area (Å²) in [7, 11) is 0. The van der Waals surface area contributed by atoms with Crippen molar-refractivity contribution >= 4 is 0 Å². The summed E-state index contributed by atoms with van der Waals surface area (Å²) in [6.45, 7) is 9.31. The van der Waals surface area contributed by atoms with Gasteiger partial charge in [0.05, 0.1) is 43.9 Å². The van der Waals surface area contributed by atoms with E-state index in [1.165, 1.54) is 12.5 Å². The van der Waals surface area contributed by atoms with Crippen molar-refractivity contribution in [3.8, 4) is 0 Å². The van der Waals surface area contributed by atoms with E-state index in [1.54, 1.807) is 0 Å². The van der Waals surface area contributed by atoms with Gasteiger partial charge in [-0.3, -0.25) is 0 Å². The van der Waals surface area contributed by atoms with Crippen LogP contribution in [0.15, 0.2) is 23.0 Å². The van der Waals surface area contributed by atoms with Crippen molar-refractivity contribution in [3.63, 3.8) is 0 Å². The van der Waals surface area contributed by atoms with E-state index in [9.17, 15) is 56.2 Å². The Morgan fingerprint density at radius 3 is 2.08 bits per heavy atom. The maximum atomic E-state index is 11.0. The van der Waals surface area contributed by atoms with Crippen LogP contribution in [0.4, 0.5) is 0 Å². The molecule has 4 heterocycles. The molecule has 1 unspecified atom stereocenters. The number of aliphatic hydroxyl groups is 11. The van der Waals surface area contributed by atoms with E-state index >= 15 is 0 Å². The fraction of sp³-hybridized carbons (Fsp3) is 0.911. The molecule has 0 aromatic heterocycles. The third kappa shape index (κ3) is 8.38. The van der Waals surface area contributed by atoms with Crippen LogP contribution in [0.2, 0.25) is 0 Å². The number of rotatable bonds is 12. The number of hydrogen-bond acceptors (Lipinski definition) is 18. The standard InChI is InChI=1S/C45H72O18/c1-18(17-57-43-40(37(54)34(51)29(16-47)61-43)63-41-38(55)35(52)32(49)20(3)58-41)6-9-26-19(2)31-27(59-26)14-25-23-8-7-21-12-22(48)13-30(45(21,5)24(23)10-11-44(25,31)4)62-42-39(56)36(53)33(50)28(15-46)60-42/h7,18,20,22-25,27-43,46-56H,6,8-17H2,1-5H3/t18?,20-,22+,23+,24-,25-,27-,28+,29+,30+,31-,32-,33-,34+,35+,36-,37-,38+,39+,40+,41-,42-,43+,44-,45-/m0/s1. The Bertz CT molecular complexity index is 1660. The molecule has 18 heteroatoms. The minimum absolute atomic E-state index is 0.0145. The highest BCUT2D eigenvalue weighted by molar-refractivity contribution is 5.31. The zero-order chi connectivity index (χ0) is 45.4. The Hall–Kier alpha value is -1.40. The molecule has 0 aromatic rings. The van der Waals surface area contributed by atoms with Crippen molar-refractivity contribution in [2.75, 3.05) is 19.8 Å².